The molecule has 128 valence electrons. The molecule has 2 aliphatic heterocycles. The first kappa shape index (κ1) is 16.0. The lowest BCUT2D eigenvalue weighted by atomic mass is 9.81. The smallest absolute Gasteiger partial charge is 0.260 e. The molecule has 2 aliphatic rings. The van der Waals surface area contributed by atoms with Crippen LogP contribution in [0.2, 0.25) is 5.02 Å². The van der Waals surface area contributed by atoms with E-state index in [9.17, 15) is 9.59 Å². The molecule has 1 fully saturated rings. The topological polar surface area (TPSA) is 58.6 Å². The number of likely N-dealkylation sites (tertiary alicyclic amines) is 1. The van der Waals surface area contributed by atoms with Gasteiger partial charge in [-0.2, -0.15) is 0 Å². The summed E-state index contributed by atoms with van der Waals surface area (Å²) in [6.07, 6.45) is 0.628. The van der Waals surface area contributed by atoms with Crippen LogP contribution in [0.15, 0.2) is 48.5 Å². The minimum absolute atomic E-state index is 0.0254. The fourth-order valence-electron chi connectivity index (χ4n) is 3.57. The molecule has 1 saturated heterocycles. The molecule has 0 aliphatic carbocycles. The second-order valence-corrected chi connectivity index (χ2v) is 6.83. The number of nitrogens with zero attached hydrogens (tertiary/aromatic N) is 1. The number of anilines is 1. The predicted octanol–water partition coefficient (Wildman–Crippen LogP) is 2.84. The van der Waals surface area contributed by atoms with Crippen LogP contribution < -0.4 is 10.1 Å². The second-order valence-electron chi connectivity index (χ2n) is 6.39. The number of amides is 2. The van der Waals surface area contributed by atoms with E-state index in [1.54, 1.807) is 29.2 Å². The zero-order chi connectivity index (χ0) is 17.4. The summed E-state index contributed by atoms with van der Waals surface area (Å²) >= 11 is 5.83. The molecule has 4 rings (SSSR count). The van der Waals surface area contributed by atoms with Gasteiger partial charge in [0.25, 0.3) is 5.91 Å². The van der Waals surface area contributed by atoms with Gasteiger partial charge in [-0.15, -0.1) is 0 Å². The molecule has 2 heterocycles. The van der Waals surface area contributed by atoms with Crippen molar-refractivity contribution < 1.29 is 14.3 Å². The number of hydrogen-bond donors (Lipinski definition) is 1. The van der Waals surface area contributed by atoms with Crippen LogP contribution in [0.4, 0.5) is 5.69 Å². The molecule has 1 N–H and O–H groups in total. The highest BCUT2D eigenvalue weighted by atomic mass is 35.5. The Kier molecular flexibility index (Phi) is 3.88. The lowest BCUT2D eigenvalue weighted by Gasteiger charge is -2.22. The molecule has 0 bridgehead atoms. The van der Waals surface area contributed by atoms with Crippen molar-refractivity contribution in [3.05, 3.63) is 59.1 Å². The molecule has 2 amide bonds. The van der Waals surface area contributed by atoms with Gasteiger partial charge < -0.3 is 15.0 Å². The van der Waals surface area contributed by atoms with Crippen LogP contribution in [0.5, 0.6) is 5.75 Å². The maximum atomic E-state index is 12.5. The highest BCUT2D eigenvalue weighted by molar-refractivity contribution is 6.30. The van der Waals surface area contributed by atoms with E-state index in [2.05, 4.69) is 5.32 Å². The van der Waals surface area contributed by atoms with E-state index in [1.807, 2.05) is 24.3 Å². The maximum absolute atomic E-state index is 12.5. The molecule has 0 aromatic heterocycles. The first-order valence-electron chi connectivity index (χ1n) is 8.16. The number of carbonyl (C=O) groups excluding carboxylic acids is 2. The molecule has 1 atom stereocenters. The summed E-state index contributed by atoms with van der Waals surface area (Å²) < 4.78 is 5.53. The average molecular weight is 357 g/mol. The molecule has 5 nitrogen and oxygen atoms in total. The monoisotopic (exact) mass is 356 g/mol. The number of para-hydroxylation sites is 1. The van der Waals surface area contributed by atoms with Gasteiger partial charge in [-0.05, 0) is 42.3 Å². The van der Waals surface area contributed by atoms with E-state index in [4.69, 9.17) is 16.3 Å². The van der Waals surface area contributed by atoms with E-state index in [1.165, 1.54) is 0 Å². The quantitative estimate of drug-likeness (QED) is 0.920. The highest BCUT2D eigenvalue weighted by Gasteiger charge is 2.51. The fourth-order valence-corrected chi connectivity index (χ4v) is 3.69. The molecular formula is C19H17ClN2O3. The first-order valence-corrected chi connectivity index (χ1v) is 8.53. The zero-order valence-electron chi connectivity index (χ0n) is 13.5. The van der Waals surface area contributed by atoms with E-state index in [0.29, 0.717) is 30.3 Å². The Bertz CT molecular complexity index is 837. The number of nitrogens with one attached hydrogen (secondary N) is 1. The number of rotatable bonds is 3. The third-order valence-corrected chi connectivity index (χ3v) is 5.18. The normalized spacial score (nSPS) is 21.3. The predicted molar refractivity (Wildman–Crippen MR) is 94.9 cm³/mol. The van der Waals surface area contributed by atoms with Gasteiger partial charge in [-0.3, -0.25) is 9.59 Å². The minimum atomic E-state index is -0.632. The molecule has 6 heteroatoms. The number of fused-ring (bicyclic) bond motifs is 2. The van der Waals surface area contributed by atoms with Crippen molar-refractivity contribution in [3.8, 4) is 5.75 Å². The molecule has 1 spiro atoms. The van der Waals surface area contributed by atoms with Crippen LogP contribution in [-0.2, 0) is 15.0 Å². The maximum Gasteiger partial charge on any atom is 0.260 e. The van der Waals surface area contributed by atoms with Gasteiger partial charge in [0.2, 0.25) is 5.91 Å². The van der Waals surface area contributed by atoms with Crippen LogP contribution in [0.3, 0.4) is 0 Å². The number of carbonyl (C=O) groups is 2. The lowest BCUT2D eigenvalue weighted by molar-refractivity contribution is -0.132. The number of benzene rings is 2. The van der Waals surface area contributed by atoms with Gasteiger partial charge in [0.05, 0.1) is 5.41 Å². The zero-order valence-corrected chi connectivity index (χ0v) is 14.3. The summed E-state index contributed by atoms with van der Waals surface area (Å²) in [6, 6.07) is 14.6. The summed E-state index contributed by atoms with van der Waals surface area (Å²) in [5.74, 6) is 0.447. The largest absolute Gasteiger partial charge is 0.484 e. The van der Waals surface area contributed by atoms with Crippen molar-refractivity contribution in [3.63, 3.8) is 0 Å². The van der Waals surface area contributed by atoms with Gasteiger partial charge in [0.1, 0.15) is 5.75 Å². The standard InChI is InChI=1S/C19H17ClN2O3/c20-13-5-7-14(8-6-13)25-11-17(23)22-10-9-19(12-22)15-3-1-2-4-16(15)21-18(19)24/h1-8H,9-12H2,(H,21,24)/t19-/m0/s1. The molecule has 0 unspecified atom stereocenters. The van der Waals surface area contributed by atoms with Crippen LogP contribution in [0.25, 0.3) is 0 Å². The van der Waals surface area contributed by atoms with E-state index < -0.39 is 5.41 Å². The first-order chi connectivity index (χ1) is 12.1. The summed E-state index contributed by atoms with van der Waals surface area (Å²) in [5.41, 5.74) is 1.19. The Balaban J connectivity index is 1.44. The van der Waals surface area contributed by atoms with Gasteiger partial charge in [-0.25, -0.2) is 0 Å². The summed E-state index contributed by atoms with van der Waals surface area (Å²) in [7, 11) is 0. The number of ether oxygens (including phenoxy) is 1. The van der Waals surface area contributed by atoms with Crippen molar-refractivity contribution >= 4 is 29.1 Å². The van der Waals surface area contributed by atoms with Crippen molar-refractivity contribution in [2.75, 3.05) is 25.0 Å². The molecular weight excluding hydrogens is 340 g/mol. The lowest BCUT2D eigenvalue weighted by Crippen LogP contribution is -2.40. The average Bonchev–Trinajstić information content (AvgIpc) is 3.18. The van der Waals surface area contributed by atoms with Crippen LogP contribution in [0.1, 0.15) is 12.0 Å². The molecule has 2 aromatic carbocycles. The van der Waals surface area contributed by atoms with Gasteiger partial charge in [0.15, 0.2) is 6.61 Å². The van der Waals surface area contributed by atoms with Gasteiger partial charge >= 0.3 is 0 Å². The van der Waals surface area contributed by atoms with Crippen LogP contribution in [-0.4, -0.2) is 36.4 Å². The van der Waals surface area contributed by atoms with Crippen LogP contribution in [0, 0.1) is 0 Å². The van der Waals surface area contributed by atoms with Gasteiger partial charge in [0, 0.05) is 23.8 Å². The van der Waals surface area contributed by atoms with Crippen molar-refractivity contribution in [2.45, 2.75) is 11.8 Å². The minimum Gasteiger partial charge on any atom is -0.484 e. The van der Waals surface area contributed by atoms with E-state index >= 15 is 0 Å². The Morgan fingerprint density at radius 3 is 2.76 bits per heavy atom. The summed E-state index contributed by atoms with van der Waals surface area (Å²) in [4.78, 5) is 26.7. The molecule has 0 saturated carbocycles. The third-order valence-electron chi connectivity index (χ3n) is 4.92. The van der Waals surface area contributed by atoms with Crippen LogP contribution >= 0.6 is 11.6 Å². The molecule has 2 aromatic rings. The fraction of sp³-hybridized carbons (Fsp3) is 0.263. The Hall–Kier alpha value is -2.53. The SMILES string of the molecule is O=C(COc1ccc(Cl)cc1)N1CC[C@@]2(C1)C(=O)Nc1ccccc12. The molecule has 25 heavy (non-hydrogen) atoms. The summed E-state index contributed by atoms with van der Waals surface area (Å²) in [5, 5.41) is 3.55. The third kappa shape index (κ3) is 2.74. The number of halogens is 1. The highest BCUT2D eigenvalue weighted by Crippen LogP contribution is 2.43. The second kappa shape index (κ2) is 6.08. The number of hydrogen-bond acceptors (Lipinski definition) is 3. The van der Waals surface area contributed by atoms with Crippen molar-refractivity contribution in [1.29, 1.82) is 0 Å². The van der Waals surface area contributed by atoms with Gasteiger partial charge in [-0.1, -0.05) is 29.8 Å². The van der Waals surface area contributed by atoms with Crippen molar-refractivity contribution in [2.24, 2.45) is 0 Å². The Morgan fingerprint density at radius 2 is 1.96 bits per heavy atom. The van der Waals surface area contributed by atoms with E-state index in [-0.39, 0.29) is 18.4 Å². The van der Waals surface area contributed by atoms with Crippen molar-refractivity contribution in [1.82, 2.24) is 4.90 Å². The summed E-state index contributed by atoms with van der Waals surface area (Å²) in [6.45, 7) is 0.879. The van der Waals surface area contributed by atoms with E-state index in [0.717, 1.165) is 11.3 Å². The molecule has 0 radical (unpaired) electrons. The Morgan fingerprint density at radius 1 is 1.20 bits per heavy atom. The Labute approximate surface area is 150 Å².